The number of pyridine rings is 1. The van der Waals surface area contributed by atoms with Gasteiger partial charge in [-0.25, -0.2) is 4.98 Å². The van der Waals surface area contributed by atoms with Crippen molar-refractivity contribution in [2.45, 2.75) is 13.8 Å². The number of nitrogens with two attached hydrogens (primary N) is 1. The van der Waals surface area contributed by atoms with Crippen LogP contribution in [0.1, 0.15) is 24.2 Å². The first-order chi connectivity index (χ1) is 11.4. The van der Waals surface area contributed by atoms with Gasteiger partial charge in [-0.2, -0.15) is 0 Å². The number of anilines is 2. The molecule has 0 saturated carbocycles. The highest BCUT2D eigenvalue weighted by Gasteiger charge is 2.24. The molecule has 0 saturated heterocycles. The average Bonchev–Trinajstić information content (AvgIpc) is 2.54. The van der Waals surface area contributed by atoms with Crippen LogP contribution in [0.3, 0.4) is 0 Å². The summed E-state index contributed by atoms with van der Waals surface area (Å²) in [4.78, 5) is 27.0. The Labute approximate surface area is 138 Å². The zero-order chi connectivity index (χ0) is 17.7. The summed E-state index contributed by atoms with van der Waals surface area (Å²) in [5.41, 5.74) is 5.82. The van der Waals surface area contributed by atoms with Gasteiger partial charge in [-0.15, -0.1) is 0 Å². The molecule has 126 valence electrons. The van der Waals surface area contributed by atoms with E-state index in [0.717, 1.165) is 0 Å². The zero-order valence-electron chi connectivity index (χ0n) is 13.4. The number of benzene rings is 1. The molecule has 8 nitrogen and oxygen atoms in total. The molecule has 2 rings (SSSR count). The van der Waals surface area contributed by atoms with E-state index >= 15 is 0 Å². The van der Waals surface area contributed by atoms with Crippen molar-refractivity contribution in [2.75, 3.05) is 17.7 Å². The fourth-order valence-corrected chi connectivity index (χ4v) is 1.96. The second-order valence-corrected chi connectivity index (χ2v) is 5.51. The van der Waals surface area contributed by atoms with Crippen molar-refractivity contribution in [1.29, 1.82) is 0 Å². The highest BCUT2D eigenvalue weighted by molar-refractivity contribution is 6.08. The maximum absolute atomic E-state index is 12.5. The molecule has 0 spiro atoms. The molecule has 0 fully saturated rings. The number of carbonyl (C=O) groups excluding carboxylic acids is 1. The highest BCUT2D eigenvalue weighted by atomic mass is 16.6. The molecule has 0 unspecified atom stereocenters. The largest absolute Gasteiger partial charge is 0.486 e. The Morgan fingerprint density at radius 1 is 1.38 bits per heavy atom. The summed E-state index contributed by atoms with van der Waals surface area (Å²) in [5.74, 6) is -0.316. The number of nitrogen functional groups attached to an aromatic ring is 1. The van der Waals surface area contributed by atoms with E-state index in [2.05, 4.69) is 10.3 Å². The molecule has 0 atom stereocenters. The Morgan fingerprint density at radius 3 is 2.75 bits per heavy atom. The molecule has 0 aliphatic heterocycles. The molecular formula is C16H18N4O4. The van der Waals surface area contributed by atoms with Crippen LogP contribution in [0.15, 0.2) is 36.5 Å². The van der Waals surface area contributed by atoms with Crippen LogP contribution < -0.4 is 15.8 Å². The van der Waals surface area contributed by atoms with Crippen molar-refractivity contribution in [1.82, 2.24) is 4.98 Å². The van der Waals surface area contributed by atoms with Crippen LogP contribution in [0.2, 0.25) is 0 Å². The van der Waals surface area contributed by atoms with Gasteiger partial charge in [0.25, 0.3) is 5.91 Å². The molecule has 1 heterocycles. The number of para-hydroxylation sites is 1. The van der Waals surface area contributed by atoms with E-state index in [1.54, 1.807) is 12.1 Å². The lowest BCUT2D eigenvalue weighted by Crippen LogP contribution is -2.17. The Hall–Kier alpha value is -3.16. The number of nitrogens with one attached hydrogen (secondary N) is 1. The number of aromatic nitrogens is 1. The molecule has 0 radical (unpaired) electrons. The summed E-state index contributed by atoms with van der Waals surface area (Å²) in [6, 6.07) is 7.40. The third-order valence-corrected chi connectivity index (χ3v) is 3.08. The van der Waals surface area contributed by atoms with Crippen LogP contribution in [0, 0.1) is 16.0 Å². The molecule has 0 aliphatic carbocycles. The minimum atomic E-state index is -0.578. The molecule has 1 aromatic carbocycles. The van der Waals surface area contributed by atoms with Gasteiger partial charge < -0.3 is 15.8 Å². The quantitative estimate of drug-likeness (QED) is 0.620. The smallest absolute Gasteiger partial charge is 0.311 e. The number of ether oxygens (including phenoxy) is 1. The van der Waals surface area contributed by atoms with E-state index in [0.29, 0.717) is 5.69 Å². The molecule has 1 aromatic heterocycles. The van der Waals surface area contributed by atoms with Crippen molar-refractivity contribution in [3.63, 3.8) is 0 Å². The predicted molar refractivity (Wildman–Crippen MR) is 90.0 cm³/mol. The Balaban J connectivity index is 2.37. The van der Waals surface area contributed by atoms with E-state index in [4.69, 9.17) is 10.5 Å². The van der Waals surface area contributed by atoms with Crippen molar-refractivity contribution >= 4 is 23.1 Å². The molecular weight excluding hydrogens is 312 g/mol. The topological polar surface area (TPSA) is 120 Å². The van der Waals surface area contributed by atoms with Gasteiger partial charge in [0.1, 0.15) is 5.82 Å². The maximum atomic E-state index is 12.5. The third kappa shape index (κ3) is 3.97. The van der Waals surface area contributed by atoms with Crippen LogP contribution in [0.25, 0.3) is 0 Å². The molecule has 0 aliphatic rings. The number of nitrogens with zero attached hydrogens (tertiary/aromatic N) is 2. The number of hydrogen-bond acceptors (Lipinski definition) is 6. The van der Waals surface area contributed by atoms with Crippen molar-refractivity contribution in [2.24, 2.45) is 5.92 Å². The Morgan fingerprint density at radius 2 is 2.12 bits per heavy atom. The lowest BCUT2D eigenvalue weighted by molar-refractivity contribution is -0.385. The van der Waals surface area contributed by atoms with E-state index in [-0.39, 0.29) is 35.3 Å². The number of hydrogen-bond donors (Lipinski definition) is 2. The summed E-state index contributed by atoms with van der Waals surface area (Å²) >= 11 is 0. The first-order valence-electron chi connectivity index (χ1n) is 7.32. The minimum Gasteiger partial charge on any atom is -0.486 e. The zero-order valence-corrected chi connectivity index (χ0v) is 13.4. The summed E-state index contributed by atoms with van der Waals surface area (Å²) in [5, 5.41) is 13.8. The van der Waals surface area contributed by atoms with Crippen molar-refractivity contribution in [3.8, 4) is 5.75 Å². The number of nitro groups is 1. The average molecular weight is 330 g/mol. The Bertz CT molecular complexity index is 761. The monoisotopic (exact) mass is 330 g/mol. The minimum absolute atomic E-state index is 0.0591. The standard InChI is InChI=1S/C16H18N4O4/c1-10(2)9-24-14-11(5-3-7-13(14)20(22)23)16(21)19-12-6-4-8-18-15(12)17/h3-8,10H,9H2,1-2H3,(H2,17,18)(H,19,21). The molecule has 2 aromatic rings. The highest BCUT2D eigenvalue weighted by Crippen LogP contribution is 2.32. The lowest BCUT2D eigenvalue weighted by Gasteiger charge is -2.13. The molecule has 24 heavy (non-hydrogen) atoms. The van der Waals surface area contributed by atoms with E-state index < -0.39 is 10.8 Å². The lowest BCUT2D eigenvalue weighted by atomic mass is 10.1. The summed E-state index contributed by atoms with van der Waals surface area (Å²) in [7, 11) is 0. The molecule has 8 heteroatoms. The van der Waals surface area contributed by atoms with E-state index in [1.807, 2.05) is 13.8 Å². The summed E-state index contributed by atoms with van der Waals surface area (Å²) in [6.45, 7) is 4.07. The molecule has 0 bridgehead atoms. The van der Waals surface area contributed by atoms with Crippen LogP contribution in [-0.4, -0.2) is 22.4 Å². The van der Waals surface area contributed by atoms with Gasteiger partial charge in [0.05, 0.1) is 22.8 Å². The van der Waals surface area contributed by atoms with Crippen LogP contribution >= 0.6 is 0 Å². The van der Waals surface area contributed by atoms with Gasteiger partial charge in [-0.05, 0) is 24.1 Å². The van der Waals surface area contributed by atoms with Crippen LogP contribution in [-0.2, 0) is 0 Å². The summed E-state index contributed by atoms with van der Waals surface area (Å²) < 4.78 is 5.53. The predicted octanol–water partition coefficient (Wildman–Crippen LogP) is 2.86. The Kier molecular flexibility index (Phi) is 5.31. The normalized spacial score (nSPS) is 10.5. The van der Waals surface area contributed by atoms with Crippen LogP contribution in [0.4, 0.5) is 17.2 Å². The second kappa shape index (κ2) is 7.40. The first kappa shape index (κ1) is 17.2. The second-order valence-electron chi connectivity index (χ2n) is 5.51. The number of amides is 1. The van der Waals surface area contributed by atoms with Crippen molar-refractivity contribution in [3.05, 3.63) is 52.2 Å². The maximum Gasteiger partial charge on any atom is 0.311 e. The van der Waals surface area contributed by atoms with Crippen LogP contribution in [0.5, 0.6) is 5.75 Å². The molecule has 3 N–H and O–H groups in total. The number of rotatable bonds is 6. The first-order valence-corrected chi connectivity index (χ1v) is 7.32. The van der Waals surface area contributed by atoms with Gasteiger partial charge in [-0.3, -0.25) is 14.9 Å². The SMILES string of the molecule is CC(C)COc1c(C(=O)Nc2cccnc2N)cccc1[N+](=O)[O-]. The van der Waals surface area contributed by atoms with E-state index in [9.17, 15) is 14.9 Å². The number of carbonyl (C=O) groups is 1. The number of nitro benzene ring substituents is 1. The van der Waals surface area contributed by atoms with Gasteiger partial charge >= 0.3 is 5.69 Å². The third-order valence-electron chi connectivity index (χ3n) is 3.08. The van der Waals surface area contributed by atoms with Gasteiger partial charge in [0.15, 0.2) is 0 Å². The fraction of sp³-hybridized carbons (Fsp3) is 0.250. The molecule has 1 amide bonds. The van der Waals surface area contributed by atoms with Gasteiger partial charge in [0, 0.05) is 12.3 Å². The van der Waals surface area contributed by atoms with Gasteiger partial charge in [-0.1, -0.05) is 19.9 Å². The van der Waals surface area contributed by atoms with Gasteiger partial charge in [0.2, 0.25) is 5.75 Å². The summed E-state index contributed by atoms with van der Waals surface area (Å²) in [6.07, 6.45) is 1.50. The van der Waals surface area contributed by atoms with E-state index in [1.165, 1.54) is 24.4 Å². The fourth-order valence-electron chi connectivity index (χ4n) is 1.96. The van der Waals surface area contributed by atoms with Crippen molar-refractivity contribution < 1.29 is 14.5 Å².